The fourth-order valence-corrected chi connectivity index (χ4v) is 2.80. The lowest BCUT2D eigenvalue weighted by Crippen LogP contribution is -2.14. The van der Waals surface area contributed by atoms with E-state index in [0.29, 0.717) is 32.9 Å². The highest BCUT2D eigenvalue weighted by atomic mass is 35.5. The zero-order valence-electron chi connectivity index (χ0n) is 15.0. The number of nitriles is 1. The molecule has 0 bridgehead atoms. The van der Waals surface area contributed by atoms with Gasteiger partial charge in [0, 0.05) is 16.9 Å². The van der Waals surface area contributed by atoms with Crippen molar-refractivity contribution in [3.05, 3.63) is 94.6 Å². The van der Waals surface area contributed by atoms with Crippen molar-refractivity contribution < 1.29 is 9.53 Å². The number of carbonyl (C=O) groups excluding carboxylic acids is 1. The summed E-state index contributed by atoms with van der Waals surface area (Å²) in [7, 11) is 0. The van der Waals surface area contributed by atoms with Gasteiger partial charge in [0.25, 0.3) is 5.91 Å². The number of nitrogens with zero attached hydrogens (tertiary/aromatic N) is 1. The second-order valence-corrected chi connectivity index (χ2v) is 6.68. The molecule has 0 aromatic heterocycles. The van der Waals surface area contributed by atoms with Gasteiger partial charge in [-0.1, -0.05) is 41.4 Å². The molecule has 2 N–H and O–H groups in total. The molecule has 0 saturated carbocycles. The molecular formula is C22H15Cl2N3O2. The lowest BCUT2D eigenvalue weighted by atomic mass is 10.2. The third-order valence-electron chi connectivity index (χ3n) is 3.76. The van der Waals surface area contributed by atoms with E-state index in [1.54, 1.807) is 42.5 Å². The Hall–Kier alpha value is -3.46. The minimum atomic E-state index is -0.554. The van der Waals surface area contributed by atoms with Gasteiger partial charge >= 0.3 is 0 Å². The summed E-state index contributed by atoms with van der Waals surface area (Å²) in [6, 6.07) is 22.9. The van der Waals surface area contributed by atoms with Crippen molar-refractivity contribution in [3.63, 3.8) is 0 Å². The first-order valence-corrected chi connectivity index (χ1v) is 9.27. The van der Waals surface area contributed by atoms with Gasteiger partial charge in [0.1, 0.15) is 23.1 Å². The van der Waals surface area contributed by atoms with Crippen LogP contribution in [0.4, 0.5) is 11.4 Å². The largest absolute Gasteiger partial charge is 0.457 e. The molecule has 0 aliphatic carbocycles. The topological polar surface area (TPSA) is 74.2 Å². The van der Waals surface area contributed by atoms with Gasteiger partial charge in [0.2, 0.25) is 0 Å². The summed E-state index contributed by atoms with van der Waals surface area (Å²) in [6.45, 7) is 0. The predicted octanol–water partition coefficient (Wildman–Crippen LogP) is 6.24. The molecule has 144 valence electrons. The average Bonchev–Trinajstić information content (AvgIpc) is 2.72. The Kier molecular flexibility index (Phi) is 6.75. The summed E-state index contributed by atoms with van der Waals surface area (Å²) in [6.07, 6.45) is 1.29. The Morgan fingerprint density at radius 1 is 0.966 bits per heavy atom. The SMILES string of the molecule is N#C/C(=C/Nc1ccc(Cl)cc1Cl)C(=O)Nc1ccc(Oc2ccccc2)cc1. The molecule has 3 rings (SSSR count). The van der Waals surface area contributed by atoms with E-state index < -0.39 is 5.91 Å². The van der Waals surface area contributed by atoms with Crippen LogP contribution in [0.3, 0.4) is 0 Å². The molecule has 0 spiro atoms. The third kappa shape index (κ3) is 5.76. The van der Waals surface area contributed by atoms with Crippen LogP contribution in [0.15, 0.2) is 84.6 Å². The Balaban J connectivity index is 1.64. The first kappa shape index (κ1) is 20.3. The molecule has 0 aliphatic rings. The first-order valence-electron chi connectivity index (χ1n) is 8.51. The Labute approximate surface area is 178 Å². The number of hydrogen-bond donors (Lipinski definition) is 2. The Morgan fingerprint density at radius 2 is 1.66 bits per heavy atom. The number of hydrogen-bond acceptors (Lipinski definition) is 4. The molecule has 29 heavy (non-hydrogen) atoms. The van der Waals surface area contributed by atoms with Crippen LogP contribution in [0, 0.1) is 11.3 Å². The molecule has 0 saturated heterocycles. The van der Waals surface area contributed by atoms with Crippen molar-refractivity contribution >= 4 is 40.5 Å². The van der Waals surface area contributed by atoms with Crippen LogP contribution >= 0.6 is 23.2 Å². The van der Waals surface area contributed by atoms with E-state index in [0.717, 1.165) is 0 Å². The second-order valence-electron chi connectivity index (χ2n) is 5.83. The van der Waals surface area contributed by atoms with Gasteiger partial charge in [0.15, 0.2) is 0 Å². The van der Waals surface area contributed by atoms with Gasteiger partial charge in [-0.3, -0.25) is 4.79 Å². The molecular weight excluding hydrogens is 409 g/mol. The number of anilines is 2. The molecule has 0 atom stereocenters. The minimum absolute atomic E-state index is 0.111. The molecule has 5 nitrogen and oxygen atoms in total. The maximum Gasteiger partial charge on any atom is 0.267 e. The number of halogens is 2. The second kappa shape index (κ2) is 9.65. The molecule has 0 heterocycles. The van der Waals surface area contributed by atoms with Crippen molar-refractivity contribution in [1.82, 2.24) is 0 Å². The molecule has 1 amide bonds. The molecule has 7 heteroatoms. The summed E-state index contributed by atoms with van der Waals surface area (Å²) in [5.74, 6) is 0.789. The van der Waals surface area contributed by atoms with E-state index in [-0.39, 0.29) is 5.57 Å². The maximum absolute atomic E-state index is 12.4. The van der Waals surface area contributed by atoms with E-state index in [9.17, 15) is 10.1 Å². The monoisotopic (exact) mass is 423 g/mol. The number of rotatable bonds is 6. The minimum Gasteiger partial charge on any atom is -0.457 e. The van der Waals surface area contributed by atoms with Crippen molar-refractivity contribution in [2.24, 2.45) is 0 Å². The normalized spacial score (nSPS) is 10.7. The molecule has 3 aromatic carbocycles. The van der Waals surface area contributed by atoms with Crippen LogP contribution in [0.5, 0.6) is 11.5 Å². The fourth-order valence-electron chi connectivity index (χ4n) is 2.33. The number of amides is 1. The predicted molar refractivity (Wildman–Crippen MR) is 115 cm³/mol. The lowest BCUT2D eigenvalue weighted by molar-refractivity contribution is -0.112. The van der Waals surface area contributed by atoms with Crippen molar-refractivity contribution in [2.45, 2.75) is 0 Å². The van der Waals surface area contributed by atoms with Crippen LogP contribution in [0.25, 0.3) is 0 Å². The number of nitrogens with one attached hydrogen (secondary N) is 2. The molecule has 3 aromatic rings. The third-order valence-corrected chi connectivity index (χ3v) is 4.31. The molecule has 0 aliphatic heterocycles. The van der Waals surface area contributed by atoms with Gasteiger partial charge in [-0.05, 0) is 54.6 Å². The highest BCUT2D eigenvalue weighted by Crippen LogP contribution is 2.26. The van der Waals surface area contributed by atoms with Crippen LogP contribution < -0.4 is 15.4 Å². The van der Waals surface area contributed by atoms with E-state index in [2.05, 4.69) is 10.6 Å². The smallest absolute Gasteiger partial charge is 0.267 e. The highest BCUT2D eigenvalue weighted by molar-refractivity contribution is 6.36. The summed E-state index contributed by atoms with van der Waals surface area (Å²) in [5.41, 5.74) is 0.945. The van der Waals surface area contributed by atoms with Crippen LogP contribution in [-0.2, 0) is 4.79 Å². The zero-order chi connectivity index (χ0) is 20.6. The van der Waals surface area contributed by atoms with Gasteiger partial charge in [0.05, 0.1) is 10.7 Å². The van der Waals surface area contributed by atoms with E-state index in [4.69, 9.17) is 27.9 Å². The van der Waals surface area contributed by atoms with Crippen LogP contribution in [0.1, 0.15) is 0 Å². The van der Waals surface area contributed by atoms with E-state index in [1.807, 2.05) is 36.4 Å². The van der Waals surface area contributed by atoms with Crippen molar-refractivity contribution in [1.29, 1.82) is 5.26 Å². The van der Waals surface area contributed by atoms with Gasteiger partial charge in [-0.15, -0.1) is 0 Å². The Bertz CT molecular complexity index is 1080. The molecule has 0 unspecified atom stereocenters. The summed E-state index contributed by atoms with van der Waals surface area (Å²) < 4.78 is 5.71. The van der Waals surface area contributed by atoms with E-state index in [1.165, 1.54) is 6.20 Å². The van der Waals surface area contributed by atoms with Crippen LogP contribution in [0.2, 0.25) is 10.0 Å². The first-order chi connectivity index (χ1) is 14.0. The number of ether oxygens (including phenoxy) is 1. The molecule has 0 radical (unpaired) electrons. The Morgan fingerprint density at radius 3 is 2.31 bits per heavy atom. The number of benzene rings is 3. The van der Waals surface area contributed by atoms with Gasteiger partial charge < -0.3 is 15.4 Å². The zero-order valence-corrected chi connectivity index (χ0v) is 16.5. The fraction of sp³-hybridized carbons (Fsp3) is 0. The average molecular weight is 424 g/mol. The number of para-hydroxylation sites is 1. The summed E-state index contributed by atoms with van der Waals surface area (Å²) >= 11 is 11.9. The lowest BCUT2D eigenvalue weighted by Gasteiger charge is -2.08. The maximum atomic E-state index is 12.4. The number of carbonyl (C=O) groups is 1. The standard InChI is InChI=1S/C22H15Cl2N3O2/c23-16-6-11-21(20(24)12-16)26-14-15(13-25)22(28)27-17-7-9-19(10-8-17)29-18-4-2-1-3-5-18/h1-12,14,26H,(H,27,28)/b15-14-. The highest BCUT2D eigenvalue weighted by Gasteiger charge is 2.10. The van der Waals surface area contributed by atoms with Crippen molar-refractivity contribution in [3.8, 4) is 17.6 Å². The summed E-state index contributed by atoms with van der Waals surface area (Å²) in [4.78, 5) is 12.4. The summed E-state index contributed by atoms with van der Waals surface area (Å²) in [5, 5.41) is 15.6. The van der Waals surface area contributed by atoms with Crippen LogP contribution in [-0.4, -0.2) is 5.91 Å². The molecule has 0 fully saturated rings. The quantitative estimate of drug-likeness (QED) is 0.363. The van der Waals surface area contributed by atoms with Crippen molar-refractivity contribution in [2.75, 3.05) is 10.6 Å². The van der Waals surface area contributed by atoms with Gasteiger partial charge in [-0.25, -0.2) is 0 Å². The van der Waals surface area contributed by atoms with E-state index >= 15 is 0 Å². The van der Waals surface area contributed by atoms with Gasteiger partial charge in [-0.2, -0.15) is 5.26 Å².